The summed E-state index contributed by atoms with van der Waals surface area (Å²) in [5, 5.41) is 0. The van der Waals surface area contributed by atoms with E-state index in [1.54, 1.807) is 0 Å². The standard InChI is InChI=1S/C27H36N2/c1-4-24-9-8-10-25(21-24)13-15-28-17-19-29(20-18-28,23(3)22-28)16-14-27-12-7-6-11-26(27)5-2/h4-12,21,23H,1-2,13-20,22H2,3H3/q+2. The van der Waals surface area contributed by atoms with Crippen molar-refractivity contribution in [2.75, 3.05) is 45.8 Å². The second-order valence-electron chi connectivity index (χ2n) is 9.29. The van der Waals surface area contributed by atoms with E-state index in [0.29, 0.717) is 0 Å². The van der Waals surface area contributed by atoms with Crippen LogP contribution in [0.2, 0.25) is 0 Å². The largest absolute Gasteiger partial charge is 0.309 e. The van der Waals surface area contributed by atoms with Crippen molar-refractivity contribution in [2.24, 2.45) is 0 Å². The molecule has 3 fully saturated rings. The van der Waals surface area contributed by atoms with Gasteiger partial charge in [0.2, 0.25) is 0 Å². The molecule has 2 aromatic rings. The maximum Gasteiger partial charge on any atom is 0.136 e. The minimum atomic E-state index is 0.757. The number of piperazine rings is 3. The Balaban J connectivity index is 1.39. The van der Waals surface area contributed by atoms with Crippen LogP contribution in [0.5, 0.6) is 0 Å². The molecular weight excluding hydrogens is 352 g/mol. The van der Waals surface area contributed by atoms with Crippen LogP contribution in [-0.2, 0) is 12.8 Å². The molecule has 3 heterocycles. The zero-order valence-electron chi connectivity index (χ0n) is 18.0. The molecule has 1 atom stereocenters. The Kier molecular flexibility index (Phi) is 5.76. The van der Waals surface area contributed by atoms with E-state index < -0.39 is 0 Å². The lowest BCUT2D eigenvalue weighted by Gasteiger charge is -2.59. The van der Waals surface area contributed by atoms with Gasteiger partial charge in [-0.2, -0.15) is 0 Å². The average molecular weight is 389 g/mol. The van der Waals surface area contributed by atoms with Crippen molar-refractivity contribution in [3.8, 4) is 0 Å². The van der Waals surface area contributed by atoms with Gasteiger partial charge >= 0.3 is 0 Å². The molecule has 0 N–H and O–H groups in total. The fraction of sp³-hybridized carbons (Fsp3) is 0.407. The smallest absolute Gasteiger partial charge is 0.136 e. The number of nitrogens with zero attached hydrogens (tertiary/aromatic N) is 2. The summed E-state index contributed by atoms with van der Waals surface area (Å²) in [4.78, 5) is 0. The van der Waals surface area contributed by atoms with Crippen LogP contribution in [0.25, 0.3) is 12.2 Å². The molecule has 0 spiro atoms. The van der Waals surface area contributed by atoms with Gasteiger partial charge in [-0.15, -0.1) is 0 Å². The molecule has 2 nitrogen and oxygen atoms in total. The molecule has 2 aromatic carbocycles. The zero-order valence-corrected chi connectivity index (χ0v) is 18.0. The molecule has 0 radical (unpaired) electrons. The van der Waals surface area contributed by atoms with Gasteiger partial charge in [0.05, 0.1) is 13.1 Å². The fourth-order valence-electron chi connectivity index (χ4n) is 5.71. The summed E-state index contributed by atoms with van der Waals surface area (Å²) in [5.41, 5.74) is 5.46. The summed E-state index contributed by atoms with van der Waals surface area (Å²) >= 11 is 0. The van der Waals surface area contributed by atoms with Crippen molar-refractivity contribution < 1.29 is 8.97 Å². The van der Waals surface area contributed by atoms with Crippen LogP contribution in [0, 0.1) is 0 Å². The second kappa shape index (κ2) is 8.30. The summed E-state index contributed by atoms with van der Waals surface area (Å²) in [6, 6.07) is 18.4. The highest BCUT2D eigenvalue weighted by Gasteiger charge is 2.52. The third kappa shape index (κ3) is 4.10. The highest BCUT2D eigenvalue weighted by Crippen LogP contribution is 2.32. The van der Waals surface area contributed by atoms with E-state index in [2.05, 4.69) is 68.6 Å². The van der Waals surface area contributed by atoms with E-state index >= 15 is 0 Å². The Hall–Kier alpha value is -2.16. The van der Waals surface area contributed by atoms with Crippen molar-refractivity contribution >= 4 is 12.2 Å². The van der Waals surface area contributed by atoms with Gasteiger partial charge in [-0.3, -0.25) is 0 Å². The summed E-state index contributed by atoms with van der Waals surface area (Å²) in [6.45, 7) is 19.7. The van der Waals surface area contributed by atoms with Gasteiger partial charge in [-0.05, 0) is 29.2 Å². The van der Waals surface area contributed by atoms with E-state index in [1.807, 2.05) is 12.2 Å². The lowest BCUT2D eigenvalue weighted by atomic mass is 9.96. The molecule has 3 saturated heterocycles. The van der Waals surface area contributed by atoms with Crippen LogP contribution in [0.1, 0.15) is 29.2 Å². The highest BCUT2D eigenvalue weighted by atomic mass is 15.5. The first-order chi connectivity index (χ1) is 14.1. The van der Waals surface area contributed by atoms with Gasteiger partial charge in [-0.25, -0.2) is 0 Å². The van der Waals surface area contributed by atoms with Gasteiger partial charge < -0.3 is 8.97 Å². The van der Waals surface area contributed by atoms with E-state index in [-0.39, 0.29) is 0 Å². The summed E-state index contributed by atoms with van der Waals surface area (Å²) in [5.74, 6) is 0. The number of hydrogen-bond acceptors (Lipinski definition) is 0. The molecule has 5 rings (SSSR count). The normalized spacial score (nSPS) is 28.2. The van der Waals surface area contributed by atoms with Gasteiger partial charge in [0.1, 0.15) is 38.8 Å². The Labute approximate surface area is 177 Å². The summed E-state index contributed by atoms with van der Waals surface area (Å²) < 4.78 is 2.64. The van der Waals surface area contributed by atoms with E-state index in [9.17, 15) is 0 Å². The number of fused-ring (bicyclic) bond motifs is 3. The maximum absolute atomic E-state index is 4.00. The van der Waals surface area contributed by atoms with Crippen molar-refractivity contribution in [2.45, 2.75) is 25.8 Å². The molecule has 0 saturated carbocycles. The van der Waals surface area contributed by atoms with Crippen LogP contribution < -0.4 is 0 Å². The Morgan fingerprint density at radius 2 is 1.69 bits per heavy atom. The third-order valence-electron chi connectivity index (χ3n) is 7.79. The highest BCUT2D eigenvalue weighted by molar-refractivity contribution is 5.51. The number of quaternary nitrogens is 2. The molecule has 152 valence electrons. The lowest BCUT2D eigenvalue weighted by Crippen LogP contribution is -2.78. The minimum absolute atomic E-state index is 0.757. The van der Waals surface area contributed by atoms with Gasteiger partial charge in [0.15, 0.2) is 0 Å². The quantitative estimate of drug-likeness (QED) is 0.570. The molecule has 29 heavy (non-hydrogen) atoms. The Morgan fingerprint density at radius 1 is 0.897 bits per heavy atom. The summed E-state index contributed by atoms with van der Waals surface area (Å²) in [7, 11) is 0. The topological polar surface area (TPSA) is 0 Å². The van der Waals surface area contributed by atoms with Gasteiger partial charge in [-0.1, -0.05) is 73.8 Å². The molecule has 3 aliphatic rings. The van der Waals surface area contributed by atoms with Crippen molar-refractivity contribution in [3.05, 3.63) is 83.9 Å². The minimum Gasteiger partial charge on any atom is -0.309 e. The fourth-order valence-corrected chi connectivity index (χ4v) is 5.71. The van der Waals surface area contributed by atoms with Gasteiger partial charge in [0, 0.05) is 12.8 Å². The molecule has 3 aliphatic heterocycles. The number of rotatable bonds is 8. The number of hydrogen-bond donors (Lipinski definition) is 0. The first-order valence-corrected chi connectivity index (χ1v) is 11.2. The van der Waals surface area contributed by atoms with E-state index in [4.69, 9.17) is 0 Å². The van der Waals surface area contributed by atoms with Crippen molar-refractivity contribution in [1.82, 2.24) is 0 Å². The molecule has 0 amide bonds. The second-order valence-corrected chi connectivity index (χ2v) is 9.29. The molecule has 2 heteroatoms. The first kappa shape index (κ1) is 20.1. The maximum atomic E-state index is 4.00. The predicted octanol–water partition coefficient (Wildman–Crippen LogP) is 4.81. The van der Waals surface area contributed by atoms with Crippen LogP contribution in [0.4, 0.5) is 0 Å². The Bertz CT molecular complexity index is 874. The summed E-state index contributed by atoms with van der Waals surface area (Å²) in [6.07, 6.45) is 6.31. The zero-order chi connectivity index (χ0) is 20.3. The van der Waals surface area contributed by atoms with Crippen LogP contribution in [0.15, 0.2) is 61.7 Å². The number of benzene rings is 2. The molecule has 1 unspecified atom stereocenters. The van der Waals surface area contributed by atoms with Gasteiger partial charge in [0.25, 0.3) is 0 Å². The van der Waals surface area contributed by atoms with Crippen molar-refractivity contribution in [1.29, 1.82) is 0 Å². The molecule has 0 aromatic heterocycles. The van der Waals surface area contributed by atoms with Crippen LogP contribution in [0.3, 0.4) is 0 Å². The van der Waals surface area contributed by atoms with Crippen LogP contribution >= 0.6 is 0 Å². The molecular formula is C27H36N2+2. The molecule has 0 aliphatic carbocycles. The van der Waals surface area contributed by atoms with E-state index in [1.165, 1.54) is 89.9 Å². The Morgan fingerprint density at radius 3 is 2.41 bits per heavy atom. The average Bonchev–Trinajstić information content (AvgIpc) is 2.78. The third-order valence-corrected chi connectivity index (χ3v) is 7.79. The predicted molar refractivity (Wildman–Crippen MR) is 125 cm³/mol. The van der Waals surface area contributed by atoms with Crippen molar-refractivity contribution in [3.63, 3.8) is 0 Å². The monoisotopic (exact) mass is 388 g/mol. The first-order valence-electron chi connectivity index (χ1n) is 11.2. The van der Waals surface area contributed by atoms with Crippen LogP contribution in [-0.4, -0.2) is 60.8 Å². The SMILES string of the molecule is C=Cc1cccc(CC[N+]23CC[N+](CCc4ccccc4C=C)(CC2)C(C)C3)c1. The lowest BCUT2D eigenvalue weighted by molar-refractivity contribution is -1.09. The molecule has 2 bridgehead atoms. The van der Waals surface area contributed by atoms with E-state index in [0.717, 1.165) is 6.04 Å².